The molecule has 0 heterocycles. The molecule has 2 N–H and O–H groups in total. The van der Waals surface area contributed by atoms with E-state index < -0.39 is 3.79 Å². The number of nitrogens with one attached hydrogen (secondary N) is 1. The summed E-state index contributed by atoms with van der Waals surface area (Å²) in [5, 5.41) is 9.89. The van der Waals surface area contributed by atoms with Gasteiger partial charge in [-0.1, -0.05) is 64.1 Å². The zero-order valence-electron chi connectivity index (χ0n) is 12.0. The highest BCUT2D eigenvalue weighted by molar-refractivity contribution is 6.67. The van der Waals surface area contributed by atoms with Crippen molar-refractivity contribution in [2.75, 3.05) is 13.2 Å². The molecule has 0 aliphatic heterocycles. The van der Waals surface area contributed by atoms with Crippen molar-refractivity contribution in [3.63, 3.8) is 0 Å². The second-order valence-corrected chi connectivity index (χ2v) is 7.84. The Labute approximate surface area is 160 Å². The molecule has 0 fully saturated rings. The Hall–Kier alpha value is -0.230. The fourth-order valence-corrected chi connectivity index (χ4v) is 2.27. The first kappa shape index (κ1) is 20.8. The Morgan fingerprint density at radius 2 is 1.78 bits per heavy atom. The van der Waals surface area contributed by atoms with E-state index in [4.69, 9.17) is 67.6 Å². The molecule has 23 heavy (non-hydrogen) atoms. The fourth-order valence-electron chi connectivity index (χ4n) is 1.53. The van der Waals surface area contributed by atoms with E-state index in [1.807, 2.05) is 6.08 Å². The standard InChI is InChI=1S/C14H16Cl5NO3/c15-11-7-10(21)8-12(16)13(11)22-6-4-2-1-3-5-20-23-9-14(17,18)19/h3,5,7-8,20-21H,1-2,4,6,9H2. The van der Waals surface area contributed by atoms with Crippen LogP contribution in [0.1, 0.15) is 19.3 Å². The van der Waals surface area contributed by atoms with Gasteiger partial charge in [-0.15, -0.1) is 0 Å². The highest BCUT2D eigenvalue weighted by atomic mass is 35.6. The van der Waals surface area contributed by atoms with Gasteiger partial charge in [0.2, 0.25) is 3.79 Å². The summed E-state index contributed by atoms with van der Waals surface area (Å²) in [6, 6.07) is 2.77. The van der Waals surface area contributed by atoms with E-state index in [1.165, 1.54) is 12.1 Å². The Bertz CT molecular complexity index is 497. The molecule has 0 amide bonds. The number of phenols is 1. The van der Waals surface area contributed by atoms with Gasteiger partial charge in [0, 0.05) is 18.3 Å². The van der Waals surface area contributed by atoms with E-state index in [0.29, 0.717) is 12.4 Å². The smallest absolute Gasteiger partial charge is 0.216 e. The van der Waals surface area contributed by atoms with E-state index in [1.54, 1.807) is 6.20 Å². The first-order chi connectivity index (χ1) is 10.8. The zero-order chi connectivity index (χ0) is 17.3. The Balaban J connectivity index is 2.12. The van der Waals surface area contributed by atoms with Gasteiger partial charge in [-0.3, -0.25) is 10.3 Å². The van der Waals surface area contributed by atoms with Crippen LogP contribution in [-0.4, -0.2) is 22.1 Å². The van der Waals surface area contributed by atoms with Gasteiger partial charge in [-0.25, -0.2) is 0 Å². The van der Waals surface area contributed by atoms with Crippen LogP contribution in [0, 0.1) is 0 Å². The number of ether oxygens (including phenoxy) is 1. The lowest BCUT2D eigenvalue weighted by Gasteiger charge is -2.10. The second kappa shape index (κ2) is 10.6. The molecule has 0 aromatic heterocycles. The number of rotatable bonds is 9. The maximum Gasteiger partial charge on any atom is 0.216 e. The van der Waals surface area contributed by atoms with Crippen molar-refractivity contribution in [1.29, 1.82) is 0 Å². The van der Waals surface area contributed by atoms with Gasteiger partial charge in [0.25, 0.3) is 0 Å². The highest BCUT2D eigenvalue weighted by Crippen LogP contribution is 2.36. The third kappa shape index (κ3) is 9.60. The Morgan fingerprint density at radius 3 is 2.39 bits per heavy atom. The summed E-state index contributed by atoms with van der Waals surface area (Å²) in [6.07, 6.45) is 6.05. The van der Waals surface area contributed by atoms with Crippen LogP contribution < -0.4 is 10.2 Å². The number of benzene rings is 1. The van der Waals surface area contributed by atoms with Crippen LogP contribution >= 0.6 is 58.0 Å². The monoisotopic (exact) mass is 421 g/mol. The normalized spacial score (nSPS) is 11.9. The largest absolute Gasteiger partial charge is 0.508 e. The number of hydrogen-bond acceptors (Lipinski definition) is 4. The Morgan fingerprint density at radius 1 is 1.13 bits per heavy atom. The van der Waals surface area contributed by atoms with E-state index in [9.17, 15) is 5.11 Å². The fraction of sp³-hybridized carbons (Fsp3) is 0.429. The summed E-state index contributed by atoms with van der Waals surface area (Å²) in [5.74, 6) is 0.380. The number of hydroxylamine groups is 1. The molecule has 0 saturated carbocycles. The summed E-state index contributed by atoms with van der Waals surface area (Å²) in [5.41, 5.74) is 2.56. The number of allylic oxidation sites excluding steroid dienone is 1. The molecule has 0 radical (unpaired) electrons. The molecule has 0 unspecified atom stereocenters. The van der Waals surface area contributed by atoms with Crippen molar-refractivity contribution in [3.05, 3.63) is 34.5 Å². The number of halogens is 5. The topological polar surface area (TPSA) is 50.7 Å². The van der Waals surface area contributed by atoms with E-state index >= 15 is 0 Å². The van der Waals surface area contributed by atoms with Gasteiger partial charge in [0.1, 0.15) is 12.4 Å². The zero-order valence-corrected chi connectivity index (χ0v) is 15.8. The third-order valence-corrected chi connectivity index (χ3v) is 3.39. The minimum atomic E-state index is -1.44. The first-order valence-corrected chi connectivity index (χ1v) is 8.58. The molecule has 4 nitrogen and oxygen atoms in total. The van der Waals surface area contributed by atoms with Crippen LogP contribution in [-0.2, 0) is 4.84 Å². The minimum absolute atomic E-state index is 0.00180. The number of alkyl halides is 3. The van der Waals surface area contributed by atoms with Crippen LogP contribution in [0.3, 0.4) is 0 Å². The number of aromatic hydroxyl groups is 1. The van der Waals surface area contributed by atoms with E-state index in [0.717, 1.165) is 19.3 Å². The molecule has 0 saturated heterocycles. The molecule has 0 aliphatic rings. The van der Waals surface area contributed by atoms with E-state index in [-0.39, 0.29) is 22.4 Å². The average molecular weight is 424 g/mol. The predicted molar refractivity (Wildman–Crippen MR) is 96.0 cm³/mol. The van der Waals surface area contributed by atoms with Crippen LogP contribution in [0.15, 0.2) is 24.4 Å². The van der Waals surface area contributed by atoms with Crippen LogP contribution in [0.25, 0.3) is 0 Å². The summed E-state index contributed by atoms with van der Waals surface area (Å²) < 4.78 is 4.09. The number of phenolic OH excluding ortho intramolecular Hbond substituents is 1. The van der Waals surface area contributed by atoms with Crippen LogP contribution in [0.5, 0.6) is 11.5 Å². The molecular formula is C14H16Cl5NO3. The predicted octanol–water partition coefficient (Wildman–Crippen LogP) is 5.65. The Kier molecular flexibility index (Phi) is 9.59. The lowest BCUT2D eigenvalue weighted by molar-refractivity contribution is 0.0752. The van der Waals surface area contributed by atoms with Gasteiger partial charge >= 0.3 is 0 Å². The van der Waals surface area contributed by atoms with Crippen molar-refractivity contribution >= 4 is 58.0 Å². The van der Waals surface area contributed by atoms with Crippen molar-refractivity contribution in [1.82, 2.24) is 5.48 Å². The third-order valence-electron chi connectivity index (χ3n) is 2.50. The van der Waals surface area contributed by atoms with Gasteiger partial charge < -0.3 is 9.84 Å². The highest BCUT2D eigenvalue weighted by Gasteiger charge is 2.19. The lowest BCUT2D eigenvalue weighted by atomic mass is 10.2. The molecular weight excluding hydrogens is 407 g/mol. The number of hydrogen-bond donors (Lipinski definition) is 2. The summed E-state index contributed by atoms with van der Waals surface area (Å²) in [6.45, 7) is 0.416. The van der Waals surface area contributed by atoms with Crippen LogP contribution in [0.4, 0.5) is 0 Å². The average Bonchev–Trinajstić information content (AvgIpc) is 2.41. The van der Waals surface area contributed by atoms with Crippen molar-refractivity contribution < 1.29 is 14.7 Å². The molecule has 0 atom stereocenters. The van der Waals surface area contributed by atoms with Gasteiger partial charge in [0.05, 0.1) is 16.7 Å². The molecule has 0 bridgehead atoms. The maximum absolute atomic E-state index is 9.32. The van der Waals surface area contributed by atoms with Gasteiger partial charge in [0.15, 0.2) is 5.75 Å². The SMILES string of the molecule is Oc1cc(Cl)c(OCCCCC=CNOCC(Cl)(Cl)Cl)c(Cl)c1. The quantitative estimate of drug-likeness (QED) is 0.306. The van der Waals surface area contributed by atoms with Gasteiger partial charge in [-0.05, 0) is 19.3 Å². The van der Waals surface area contributed by atoms with Crippen molar-refractivity contribution in [2.24, 2.45) is 0 Å². The lowest BCUT2D eigenvalue weighted by Crippen LogP contribution is -2.18. The summed E-state index contributed by atoms with van der Waals surface area (Å²) in [7, 11) is 0. The van der Waals surface area contributed by atoms with E-state index in [2.05, 4.69) is 5.48 Å². The molecule has 1 rings (SSSR count). The van der Waals surface area contributed by atoms with Gasteiger partial charge in [-0.2, -0.15) is 0 Å². The maximum atomic E-state index is 9.32. The molecule has 1 aromatic carbocycles. The molecule has 9 heteroatoms. The number of unbranched alkanes of at least 4 members (excludes halogenated alkanes) is 2. The molecule has 130 valence electrons. The molecule has 1 aromatic rings. The van der Waals surface area contributed by atoms with Crippen molar-refractivity contribution in [2.45, 2.75) is 23.1 Å². The summed E-state index contributed by atoms with van der Waals surface area (Å²) in [4.78, 5) is 4.91. The molecule has 0 aliphatic carbocycles. The van der Waals surface area contributed by atoms with Crippen molar-refractivity contribution in [3.8, 4) is 11.5 Å². The van der Waals surface area contributed by atoms with Crippen LogP contribution in [0.2, 0.25) is 10.0 Å². The molecule has 0 spiro atoms. The summed E-state index contributed by atoms with van der Waals surface area (Å²) >= 11 is 28.4. The first-order valence-electron chi connectivity index (χ1n) is 6.69. The minimum Gasteiger partial charge on any atom is -0.508 e. The second-order valence-electron chi connectivity index (χ2n) is 4.51.